The summed E-state index contributed by atoms with van der Waals surface area (Å²) in [6.07, 6.45) is 2.92. The van der Waals surface area contributed by atoms with Crippen molar-refractivity contribution in [1.82, 2.24) is 10.2 Å². The largest absolute Gasteiger partial charge is 0.394 e. The number of carbonyl (C=O) groups excluding carboxylic acids is 1. The summed E-state index contributed by atoms with van der Waals surface area (Å²) < 4.78 is 5.36. The fourth-order valence-corrected chi connectivity index (χ4v) is 2.60. The molecule has 2 N–H and O–H groups in total. The molecular weight excluding hydrogens is 220 g/mol. The molecule has 1 amide bonds. The van der Waals surface area contributed by atoms with Gasteiger partial charge in [-0.3, -0.25) is 4.79 Å². The molecule has 2 fully saturated rings. The lowest BCUT2D eigenvalue weighted by Crippen LogP contribution is -2.60. The predicted octanol–water partition coefficient (Wildman–Crippen LogP) is -0.262. The van der Waals surface area contributed by atoms with Crippen LogP contribution in [-0.4, -0.2) is 60.4 Å². The first kappa shape index (κ1) is 12.8. The summed E-state index contributed by atoms with van der Waals surface area (Å²) in [5.74, 6) is 0.152. The first-order chi connectivity index (χ1) is 8.15. The first-order valence-corrected chi connectivity index (χ1v) is 6.42. The van der Waals surface area contributed by atoms with Crippen LogP contribution >= 0.6 is 0 Å². The molecule has 98 valence electrons. The molecule has 0 saturated carbocycles. The van der Waals surface area contributed by atoms with Crippen LogP contribution in [0, 0.1) is 0 Å². The zero-order valence-electron chi connectivity index (χ0n) is 10.4. The second kappa shape index (κ2) is 5.33. The molecule has 5 heteroatoms. The van der Waals surface area contributed by atoms with Crippen LogP contribution in [0.5, 0.6) is 0 Å². The third kappa shape index (κ3) is 2.78. The van der Waals surface area contributed by atoms with Gasteiger partial charge in [0.25, 0.3) is 0 Å². The Bertz CT molecular complexity index is 277. The summed E-state index contributed by atoms with van der Waals surface area (Å²) >= 11 is 0. The van der Waals surface area contributed by atoms with E-state index in [1.165, 1.54) is 0 Å². The molecule has 0 radical (unpaired) electrons. The molecule has 2 atom stereocenters. The Morgan fingerprint density at radius 3 is 3.06 bits per heavy atom. The molecule has 2 heterocycles. The topological polar surface area (TPSA) is 61.8 Å². The van der Waals surface area contributed by atoms with E-state index in [1.807, 2.05) is 11.8 Å². The molecule has 0 aromatic carbocycles. The minimum absolute atomic E-state index is 0.0199. The Morgan fingerprint density at radius 1 is 1.59 bits per heavy atom. The van der Waals surface area contributed by atoms with E-state index in [4.69, 9.17) is 9.84 Å². The molecule has 2 unspecified atom stereocenters. The fraction of sp³-hybridized carbons (Fsp3) is 0.917. The maximum atomic E-state index is 12.5. The SMILES string of the molecule is CC1(C(=O)N2CCOC(CO)C2)CCCCN1. The number of carbonyl (C=O) groups is 1. The standard InChI is InChI=1S/C12H22N2O3/c1-12(4-2-3-5-13-12)11(16)14-6-7-17-10(8-14)9-15/h10,13,15H,2-9H2,1H3. The molecule has 2 aliphatic rings. The Kier molecular flexibility index (Phi) is 4.01. The average molecular weight is 242 g/mol. The van der Waals surface area contributed by atoms with E-state index in [1.54, 1.807) is 0 Å². The Labute approximate surface area is 102 Å². The molecule has 2 saturated heterocycles. The molecule has 2 rings (SSSR count). The summed E-state index contributed by atoms with van der Waals surface area (Å²) in [6.45, 7) is 4.54. The molecular formula is C12H22N2O3. The van der Waals surface area contributed by atoms with E-state index in [2.05, 4.69) is 5.32 Å². The molecule has 5 nitrogen and oxygen atoms in total. The highest BCUT2D eigenvalue weighted by Gasteiger charge is 2.38. The second-order valence-corrected chi connectivity index (χ2v) is 5.14. The molecule has 0 aromatic rings. The van der Waals surface area contributed by atoms with Crippen LogP contribution in [0.3, 0.4) is 0 Å². The number of amides is 1. The Balaban J connectivity index is 1.98. The predicted molar refractivity (Wildman–Crippen MR) is 63.7 cm³/mol. The monoisotopic (exact) mass is 242 g/mol. The van der Waals surface area contributed by atoms with Crippen LogP contribution in [0.2, 0.25) is 0 Å². The highest BCUT2D eigenvalue weighted by molar-refractivity contribution is 5.86. The van der Waals surface area contributed by atoms with E-state index in [0.717, 1.165) is 25.8 Å². The lowest BCUT2D eigenvalue weighted by Gasteiger charge is -2.40. The molecule has 0 spiro atoms. The average Bonchev–Trinajstić information content (AvgIpc) is 2.39. The molecule has 2 aliphatic heterocycles. The fourth-order valence-electron chi connectivity index (χ4n) is 2.60. The van der Waals surface area contributed by atoms with E-state index >= 15 is 0 Å². The maximum Gasteiger partial charge on any atom is 0.242 e. The van der Waals surface area contributed by atoms with E-state index in [9.17, 15) is 4.79 Å². The lowest BCUT2D eigenvalue weighted by molar-refractivity contribution is -0.147. The van der Waals surface area contributed by atoms with E-state index in [-0.39, 0.29) is 18.6 Å². The minimum atomic E-state index is -0.421. The second-order valence-electron chi connectivity index (χ2n) is 5.14. The van der Waals surface area contributed by atoms with Crippen molar-refractivity contribution in [3.63, 3.8) is 0 Å². The van der Waals surface area contributed by atoms with Gasteiger partial charge in [-0.2, -0.15) is 0 Å². The van der Waals surface area contributed by atoms with Crippen molar-refractivity contribution >= 4 is 5.91 Å². The number of morpholine rings is 1. The number of rotatable bonds is 2. The van der Waals surface area contributed by atoms with Gasteiger partial charge in [-0.15, -0.1) is 0 Å². The van der Waals surface area contributed by atoms with Crippen LogP contribution in [0.15, 0.2) is 0 Å². The number of nitrogens with one attached hydrogen (secondary N) is 1. The zero-order chi connectivity index (χ0) is 12.3. The summed E-state index contributed by atoms with van der Waals surface area (Å²) in [6, 6.07) is 0. The van der Waals surface area contributed by atoms with E-state index in [0.29, 0.717) is 19.7 Å². The van der Waals surface area contributed by atoms with Crippen molar-refractivity contribution in [1.29, 1.82) is 0 Å². The van der Waals surface area contributed by atoms with Crippen molar-refractivity contribution in [3.8, 4) is 0 Å². The van der Waals surface area contributed by atoms with Gasteiger partial charge in [0, 0.05) is 13.1 Å². The van der Waals surface area contributed by atoms with Gasteiger partial charge in [-0.25, -0.2) is 0 Å². The lowest BCUT2D eigenvalue weighted by atomic mass is 9.89. The number of aliphatic hydroxyl groups is 1. The quantitative estimate of drug-likeness (QED) is 0.700. The molecule has 17 heavy (non-hydrogen) atoms. The van der Waals surface area contributed by atoms with Crippen LogP contribution in [0.1, 0.15) is 26.2 Å². The number of piperidine rings is 1. The van der Waals surface area contributed by atoms with Crippen molar-refractivity contribution < 1.29 is 14.6 Å². The molecule has 0 aliphatic carbocycles. The highest BCUT2D eigenvalue weighted by atomic mass is 16.5. The van der Waals surface area contributed by atoms with Crippen molar-refractivity contribution in [3.05, 3.63) is 0 Å². The molecule has 0 aromatic heterocycles. The Morgan fingerprint density at radius 2 is 2.41 bits per heavy atom. The van der Waals surface area contributed by atoms with Crippen LogP contribution in [0.25, 0.3) is 0 Å². The maximum absolute atomic E-state index is 12.5. The third-order valence-corrected chi connectivity index (χ3v) is 3.72. The minimum Gasteiger partial charge on any atom is -0.394 e. The Hall–Kier alpha value is -0.650. The van der Waals surface area contributed by atoms with Gasteiger partial charge >= 0.3 is 0 Å². The van der Waals surface area contributed by atoms with Gasteiger partial charge in [-0.1, -0.05) is 0 Å². The van der Waals surface area contributed by atoms with Crippen molar-refractivity contribution in [2.45, 2.75) is 37.8 Å². The number of ether oxygens (including phenoxy) is 1. The normalized spacial score (nSPS) is 34.7. The number of hydrogen-bond donors (Lipinski definition) is 2. The number of nitrogens with zero attached hydrogens (tertiary/aromatic N) is 1. The van der Waals surface area contributed by atoms with Gasteiger partial charge in [0.15, 0.2) is 0 Å². The van der Waals surface area contributed by atoms with Crippen molar-refractivity contribution in [2.75, 3.05) is 32.8 Å². The first-order valence-electron chi connectivity index (χ1n) is 6.42. The van der Waals surface area contributed by atoms with Crippen LogP contribution in [-0.2, 0) is 9.53 Å². The van der Waals surface area contributed by atoms with Crippen LogP contribution in [0.4, 0.5) is 0 Å². The van der Waals surface area contributed by atoms with Gasteiger partial charge in [0.2, 0.25) is 5.91 Å². The zero-order valence-corrected chi connectivity index (χ0v) is 10.4. The van der Waals surface area contributed by atoms with Gasteiger partial charge in [0.05, 0.1) is 24.9 Å². The van der Waals surface area contributed by atoms with Crippen molar-refractivity contribution in [2.24, 2.45) is 0 Å². The summed E-state index contributed by atoms with van der Waals surface area (Å²) in [7, 11) is 0. The van der Waals surface area contributed by atoms with E-state index < -0.39 is 5.54 Å². The smallest absolute Gasteiger partial charge is 0.242 e. The van der Waals surface area contributed by atoms with Gasteiger partial charge in [-0.05, 0) is 32.7 Å². The molecule has 0 bridgehead atoms. The third-order valence-electron chi connectivity index (χ3n) is 3.72. The summed E-state index contributed by atoms with van der Waals surface area (Å²) in [5.41, 5.74) is -0.421. The summed E-state index contributed by atoms with van der Waals surface area (Å²) in [4.78, 5) is 14.3. The van der Waals surface area contributed by atoms with Gasteiger partial charge in [0.1, 0.15) is 0 Å². The van der Waals surface area contributed by atoms with Gasteiger partial charge < -0.3 is 20.1 Å². The number of hydrogen-bond acceptors (Lipinski definition) is 4. The number of aliphatic hydroxyl groups excluding tert-OH is 1. The highest BCUT2D eigenvalue weighted by Crippen LogP contribution is 2.22. The summed E-state index contributed by atoms with van der Waals surface area (Å²) in [5, 5.41) is 12.4. The van der Waals surface area contributed by atoms with Crippen LogP contribution < -0.4 is 5.32 Å².